The molecule has 24 heavy (non-hydrogen) atoms. The second kappa shape index (κ2) is 7.16. The van der Waals surface area contributed by atoms with Gasteiger partial charge in [0.25, 0.3) is 0 Å². The number of aromatic nitrogens is 3. The highest BCUT2D eigenvalue weighted by atomic mass is 16.5. The molecule has 1 fully saturated rings. The second-order valence-electron chi connectivity index (χ2n) is 5.67. The molecule has 0 bridgehead atoms. The SMILES string of the molecule is COC(=O)N1CCCCC(NC(=O)Nc2cnc3[nH]ccc3n2)C1. The van der Waals surface area contributed by atoms with Crippen molar-refractivity contribution in [2.75, 3.05) is 25.5 Å². The van der Waals surface area contributed by atoms with E-state index in [1.54, 1.807) is 17.2 Å². The molecule has 9 heteroatoms. The predicted octanol–water partition coefficient (Wildman–Crippen LogP) is 1.70. The Morgan fingerprint density at radius 1 is 1.42 bits per heavy atom. The van der Waals surface area contributed by atoms with Crippen LogP contribution < -0.4 is 10.6 Å². The number of carbonyl (C=O) groups is 2. The Labute approximate surface area is 138 Å². The number of methoxy groups -OCH3 is 1. The average Bonchev–Trinajstić information content (AvgIpc) is 2.92. The van der Waals surface area contributed by atoms with Gasteiger partial charge in [-0.25, -0.2) is 19.6 Å². The zero-order valence-corrected chi connectivity index (χ0v) is 13.4. The standard InChI is InChI=1S/C15H20N6O3/c1-24-15(23)21-7-3-2-4-10(9-21)18-14(22)20-12-8-17-13-11(19-12)5-6-16-13/h5-6,8,10H,2-4,7,9H2,1H3,(H,16,17)(H2,18,19,20,22). The van der Waals surface area contributed by atoms with E-state index in [1.165, 1.54) is 13.3 Å². The van der Waals surface area contributed by atoms with Gasteiger partial charge in [0.15, 0.2) is 11.5 Å². The molecular weight excluding hydrogens is 312 g/mol. The van der Waals surface area contributed by atoms with E-state index >= 15 is 0 Å². The van der Waals surface area contributed by atoms with Crippen LogP contribution in [0.5, 0.6) is 0 Å². The van der Waals surface area contributed by atoms with E-state index in [2.05, 4.69) is 25.6 Å². The molecular formula is C15H20N6O3. The number of nitrogens with one attached hydrogen (secondary N) is 3. The molecule has 128 valence electrons. The van der Waals surface area contributed by atoms with Crippen LogP contribution in [0.1, 0.15) is 19.3 Å². The maximum atomic E-state index is 12.2. The highest BCUT2D eigenvalue weighted by Gasteiger charge is 2.23. The van der Waals surface area contributed by atoms with Gasteiger partial charge in [-0.3, -0.25) is 5.32 Å². The summed E-state index contributed by atoms with van der Waals surface area (Å²) >= 11 is 0. The molecule has 3 heterocycles. The first-order valence-electron chi connectivity index (χ1n) is 7.86. The Morgan fingerprint density at radius 3 is 3.12 bits per heavy atom. The summed E-state index contributed by atoms with van der Waals surface area (Å²) in [5, 5.41) is 5.56. The van der Waals surface area contributed by atoms with E-state index in [0.717, 1.165) is 19.3 Å². The number of carbonyl (C=O) groups excluding carboxylic acids is 2. The van der Waals surface area contributed by atoms with Gasteiger partial charge in [0.05, 0.1) is 13.3 Å². The first-order valence-corrected chi connectivity index (χ1v) is 7.86. The number of fused-ring (bicyclic) bond motifs is 1. The topological polar surface area (TPSA) is 112 Å². The van der Waals surface area contributed by atoms with Gasteiger partial charge in [-0.05, 0) is 25.3 Å². The van der Waals surface area contributed by atoms with Gasteiger partial charge >= 0.3 is 12.1 Å². The van der Waals surface area contributed by atoms with Gasteiger partial charge in [-0.2, -0.15) is 0 Å². The van der Waals surface area contributed by atoms with Gasteiger partial charge in [0.2, 0.25) is 0 Å². The molecule has 0 saturated carbocycles. The maximum Gasteiger partial charge on any atom is 0.409 e. The van der Waals surface area contributed by atoms with Gasteiger partial charge in [-0.15, -0.1) is 0 Å². The second-order valence-corrected chi connectivity index (χ2v) is 5.67. The number of likely N-dealkylation sites (tertiary alicyclic amines) is 1. The predicted molar refractivity (Wildman–Crippen MR) is 87.7 cm³/mol. The summed E-state index contributed by atoms with van der Waals surface area (Å²) in [6.07, 6.45) is 5.50. The molecule has 1 unspecified atom stereocenters. The number of anilines is 1. The molecule has 3 amide bonds. The Hall–Kier alpha value is -2.84. The highest BCUT2D eigenvalue weighted by molar-refractivity contribution is 5.89. The lowest BCUT2D eigenvalue weighted by Crippen LogP contribution is -2.46. The zero-order valence-electron chi connectivity index (χ0n) is 13.4. The van der Waals surface area contributed by atoms with E-state index in [4.69, 9.17) is 4.74 Å². The van der Waals surface area contributed by atoms with Crippen molar-refractivity contribution < 1.29 is 14.3 Å². The highest BCUT2D eigenvalue weighted by Crippen LogP contribution is 2.13. The summed E-state index contributed by atoms with van der Waals surface area (Å²) in [7, 11) is 1.36. The number of urea groups is 1. The van der Waals surface area contributed by atoms with Crippen molar-refractivity contribution in [2.45, 2.75) is 25.3 Å². The molecule has 2 aromatic heterocycles. The number of aromatic amines is 1. The van der Waals surface area contributed by atoms with Crippen molar-refractivity contribution in [1.29, 1.82) is 0 Å². The van der Waals surface area contributed by atoms with Crippen LogP contribution in [-0.2, 0) is 4.74 Å². The molecule has 1 saturated heterocycles. The number of hydrogen-bond acceptors (Lipinski definition) is 5. The minimum absolute atomic E-state index is 0.129. The van der Waals surface area contributed by atoms with Crippen LogP contribution in [-0.4, -0.2) is 58.2 Å². The van der Waals surface area contributed by atoms with E-state index in [1.807, 2.05) is 0 Å². The first-order chi connectivity index (χ1) is 11.7. The molecule has 3 rings (SSSR count). The van der Waals surface area contributed by atoms with Crippen LogP contribution >= 0.6 is 0 Å². The molecule has 1 atom stereocenters. The Kier molecular flexibility index (Phi) is 4.78. The van der Waals surface area contributed by atoms with Crippen LogP contribution in [0.2, 0.25) is 0 Å². The Morgan fingerprint density at radius 2 is 2.29 bits per heavy atom. The summed E-state index contributed by atoms with van der Waals surface area (Å²) in [6, 6.07) is 1.29. The third-order valence-electron chi connectivity index (χ3n) is 3.94. The van der Waals surface area contributed by atoms with E-state index in [9.17, 15) is 9.59 Å². The van der Waals surface area contributed by atoms with Crippen molar-refractivity contribution in [3.63, 3.8) is 0 Å². The lowest BCUT2D eigenvalue weighted by Gasteiger charge is -2.23. The first kappa shape index (κ1) is 16.0. The molecule has 0 radical (unpaired) electrons. The number of hydrogen-bond donors (Lipinski definition) is 3. The third kappa shape index (κ3) is 3.73. The van der Waals surface area contributed by atoms with Gasteiger partial charge < -0.3 is 19.9 Å². The van der Waals surface area contributed by atoms with Crippen molar-refractivity contribution in [3.8, 4) is 0 Å². The zero-order chi connectivity index (χ0) is 16.9. The van der Waals surface area contributed by atoms with Gasteiger partial charge in [-0.1, -0.05) is 0 Å². The third-order valence-corrected chi connectivity index (χ3v) is 3.94. The van der Waals surface area contributed by atoms with Crippen LogP contribution in [0.3, 0.4) is 0 Å². The molecule has 0 spiro atoms. The Balaban J connectivity index is 1.59. The summed E-state index contributed by atoms with van der Waals surface area (Å²) in [5.41, 5.74) is 1.34. The number of amides is 3. The average molecular weight is 332 g/mol. The molecule has 0 aromatic carbocycles. The number of nitrogens with zero attached hydrogens (tertiary/aromatic N) is 3. The molecule has 1 aliphatic rings. The fourth-order valence-corrected chi connectivity index (χ4v) is 2.78. The van der Waals surface area contributed by atoms with Gasteiger partial charge in [0, 0.05) is 25.3 Å². The van der Waals surface area contributed by atoms with Crippen LogP contribution in [0, 0.1) is 0 Å². The molecule has 3 N–H and O–H groups in total. The lowest BCUT2D eigenvalue weighted by atomic mass is 10.1. The summed E-state index contributed by atoms with van der Waals surface area (Å²) in [4.78, 5) is 36.9. The largest absolute Gasteiger partial charge is 0.453 e. The van der Waals surface area contributed by atoms with Crippen molar-refractivity contribution >= 4 is 29.1 Å². The van der Waals surface area contributed by atoms with Gasteiger partial charge in [0.1, 0.15) is 5.52 Å². The number of rotatable bonds is 2. The minimum atomic E-state index is -0.368. The normalized spacial score (nSPS) is 18.0. The fraction of sp³-hybridized carbons (Fsp3) is 0.467. The monoisotopic (exact) mass is 332 g/mol. The molecule has 0 aliphatic carbocycles. The fourth-order valence-electron chi connectivity index (χ4n) is 2.78. The number of ether oxygens (including phenoxy) is 1. The smallest absolute Gasteiger partial charge is 0.409 e. The minimum Gasteiger partial charge on any atom is -0.453 e. The maximum absolute atomic E-state index is 12.2. The summed E-state index contributed by atoms with van der Waals surface area (Å²) in [6.45, 7) is 1.07. The van der Waals surface area contributed by atoms with Crippen LogP contribution in [0.15, 0.2) is 18.5 Å². The van der Waals surface area contributed by atoms with Crippen LogP contribution in [0.25, 0.3) is 11.2 Å². The van der Waals surface area contributed by atoms with Crippen molar-refractivity contribution in [3.05, 3.63) is 18.5 Å². The van der Waals surface area contributed by atoms with Crippen LogP contribution in [0.4, 0.5) is 15.4 Å². The van der Waals surface area contributed by atoms with E-state index < -0.39 is 0 Å². The molecule has 2 aromatic rings. The molecule has 1 aliphatic heterocycles. The van der Waals surface area contributed by atoms with E-state index in [0.29, 0.717) is 30.1 Å². The van der Waals surface area contributed by atoms with Crippen molar-refractivity contribution in [2.24, 2.45) is 0 Å². The quantitative estimate of drug-likeness (QED) is 0.775. The number of H-pyrrole nitrogens is 1. The van der Waals surface area contributed by atoms with E-state index in [-0.39, 0.29) is 18.2 Å². The summed E-state index contributed by atoms with van der Waals surface area (Å²) in [5.74, 6) is 0.373. The lowest BCUT2D eigenvalue weighted by molar-refractivity contribution is 0.122. The van der Waals surface area contributed by atoms with Crippen molar-refractivity contribution in [1.82, 2.24) is 25.2 Å². The molecule has 9 nitrogen and oxygen atoms in total. The summed E-state index contributed by atoms with van der Waals surface area (Å²) < 4.78 is 4.76. The Bertz CT molecular complexity index is 731.